The lowest BCUT2D eigenvalue weighted by molar-refractivity contribution is 0.590. The molecule has 0 amide bonds. The van der Waals surface area contributed by atoms with Crippen LogP contribution in [0.4, 0.5) is 0 Å². The topological polar surface area (TPSA) is 90.3 Å². The van der Waals surface area contributed by atoms with Crippen molar-refractivity contribution in [1.29, 1.82) is 0 Å². The summed E-state index contributed by atoms with van der Waals surface area (Å²) in [6.07, 6.45) is 3.50. The van der Waals surface area contributed by atoms with Crippen molar-refractivity contribution in [2.45, 2.75) is 11.9 Å². The summed E-state index contributed by atoms with van der Waals surface area (Å²) in [5.74, 6) is 0. The predicted octanol–water partition coefficient (Wildman–Crippen LogP) is 1.06. The number of rotatable bonds is 2. The third-order valence-electron chi connectivity index (χ3n) is 2.02. The maximum absolute atomic E-state index is 11.4. The zero-order valence-electron chi connectivity index (χ0n) is 8.83. The number of nitrogens with zero attached hydrogens (tertiary/aromatic N) is 3. The van der Waals surface area contributed by atoms with Gasteiger partial charge in [-0.3, -0.25) is 0 Å². The van der Waals surface area contributed by atoms with Crippen LogP contribution in [0.25, 0.3) is 11.7 Å². The summed E-state index contributed by atoms with van der Waals surface area (Å²) in [6, 6.07) is 3.31. The normalized spacial score (nSPS) is 12.6. The minimum Gasteiger partial charge on any atom is -0.223 e. The third kappa shape index (κ3) is 2.17. The lowest BCUT2D eigenvalue weighted by Crippen LogP contribution is -2.16. The molecule has 0 unspecified atom stereocenters. The van der Waals surface area contributed by atoms with Crippen LogP contribution in [-0.4, -0.2) is 23.0 Å². The molecule has 17 heavy (non-hydrogen) atoms. The van der Waals surface area contributed by atoms with E-state index in [0.717, 1.165) is 4.52 Å². The van der Waals surface area contributed by atoms with Gasteiger partial charge in [-0.2, -0.15) is 9.61 Å². The summed E-state index contributed by atoms with van der Waals surface area (Å²) in [4.78, 5) is 3.86. The third-order valence-corrected chi connectivity index (χ3v) is 3.30. The Labute approximate surface area is 103 Å². The average molecular weight is 273 g/mol. The number of hydrogen-bond acceptors (Lipinski definition) is 4. The Morgan fingerprint density at radius 1 is 1.47 bits per heavy atom. The number of imidazole rings is 1. The minimum absolute atomic E-state index is 0.183. The second kappa shape index (κ2) is 4.10. The van der Waals surface area contributed by atoms with E-state index in [1.54, 1.807) is 24.3 Å². The first-order valence-corrected chi connectivity index (χ1v) is 6.56. The summed E-state index contributed by atoms with van der Waals surface area (Å²) in [6.45, 7) is 1.83. The van der Waals surface area contributed by atoms with Gasteiger partial charge in [0.1, 0.15) is 0 Å². The van der Waals surface area contributed by atoms with Crippen LogP contribution in [0.15, 0.2) is 23.2 Å². The minimum atomic E-state index is -3.97. The summed E-state index contributed by atoms with van der Waals surface area (Å²) >= 11 is 5.73. The van der Waals surface area contributed by atoms with Crippen LogP contribution in [-0.2, 0) is 10.0 Å². The number of allylic oxidation sites excluding steroid dienone is 1. The lowest BCUT2D eigenvalue weighted by Gasteiger charge is -1.99. The molecular formula is C9H9ClN4O2S. The number of fused-ring (bicyclic) bond motifs is 1. The number of nitrogens with two attached hydrogens (primary N) is 1. The SMILES string of the molecule is C/C=C/c1ccc2nc(Cl)c(S(N)(=O)=O)n2n1. The highest BCUT2D eigenvalue weighted by atomic mass is 35.5. The Hall–Kier alpha value is -1.44. The highest BCUT2D eigenvalue weighted by molar-refractivity contribution is 7.89. The Morgan fingerprint density at radius 2 is 2.18 bits per heavy atom. The lowest BCUT2D eigenvalue weighted by atomic mass is 10.3. The van der Waals surface area contributed by atoms with Gasteiger partial charge in [-0.15, -0.1) is 0 Å². The number of sulfonamides is 1. The predicted molar refractivity (Wildman–Crippen MR) is 64.1 cm³/mol. The van der Waals surface area contributed by atoms with Crippen LogP contribution in [0.3, 0.4) is 0 Å². The summed E-state index contributed by atoms with van der Waals surface area (Å²) in [5.41, 5.74) is 0.909. The number of primary sulfonamides is 1. The molecule has 0 aromatic carbocycles. The number of aromatic nitrogens is 3. The van der Waals surface area contributed by atoms with E-state index < -0.39 is 10.0 Å². The average Bonchev–Trinajstić information content (AvgIpc) is 2.53. The second-order valence-electron chi connectivity index (χ2n) is 3.28. The first kappa shape index (κ1) is 12.0. The Morgan fingerprint density at radius 3 is 2.76 bits per heavy atom. The first-order valence-electron chi connectivity index (χ1n) is 4.64. The molecule has 0 aliphatic carbocycles. The van der Waals surface area contributed by atoms with Gasteiger partial charge in [0.25, 0.3) is 10.0 Å². The van der Waals surface area contributed by atoms with Gasteiger partial charge in [-0.25, -0.2) is 18.5 Å². The molecule has 0 saturated carbocycles. The van der Waals surface area contributed by atoms with Crippen LogP contribution in [0.5, 0.6) is 0 Å². The molecular weight excluding hydrogens is 264 g/mol. The van der Waals surface area contributed by atoms with Crippen molar-refractivity contribution in [3.8, 4) is 0 Å². The highest BCUT2D eigenvalue weighted by Crippen LogP contribution is 2.20. The quantitative estimate of drug-likeness (QED) is 0.885. The molecule has 0 aliphatic rings. The molecule has 2 aromatic rings. The van der Waals surface area contributed by atoms with Gasteiger partial charge in [0.15, 0.2) is 10.8 Å². The van der Waals surface area contributed by atoms with Gasteiger partial charge >= 0.3 is 0 Å². The first-order chi connectivity index (χ1) is 7.93. The number of hydrogen-bond donors (Lipinski definition) is 1. The maximum atomic E-state index is 11.4. The number of halogens is 1. The fourth-order valence-electron chi connectivity index (χ4n) is 1.40. The molecule has 0 radical (unpaired) electrons. The van der Waals surface area contributed by atoms with Gasteiger partial charge in [0.2, 0.25) is 5.03 Å². The molecule has 8 heteroatoms. The maximum Gasteiger partial charge on any atom is 0.258 e. The summed E-state index contributed by atoms with van der Waals surface area (Å²) in [7, 11) is -3.97. The van der Waals surface area contributed by atoms with Crippen molar-refractivity contribution in [2.75, 3.05) is 0 Å². The van der Waals surface area contributed by atoms with Crippen molar-refractivity contribution < 1.29 is 8.42 Å². The van der Waals surface area contributed by atoms with E-state index in [1.165, 1.54) is 0 Å². The molecule has 2 rings (SSSR count). The molecule has 2 N–H and O–H groups in total. The van der Waals surface area contributed by atoms with Crippen LogP contribution in [0, 0.1) is 0 Å². The van der Waals surface area contributed by atoms with Gasteiger partial charge < -0.3 is 0 Å². The molecule has 0 aliphatic heterocycles. The second-order valence-corrected chi connectivity index (χ2v) is 5.12. The van der Waals surface area contributed by atoms with E-state index in [1.807, 2.05) is 6.92 Å². The Balaban J connectivity index is 2.83. The van der Waals surface area contributed by atoms with Crippen molar-refractivity contribution >= 4 is 33.3 Å². The molecule has 0 atom stereocenters. The highest BCUT2D eigenvalue weighted by Gasteiger charge is 2.21. The van der Waals surface area contributed by atoms with Gasteiger partial charge in [-0.1, -0.05) is 17.7 Å². The van der Waals surface area contributed by atoms with Crippen molar-refractivity contribution in [3.05, 3.63) is 29.1 Å². The summed E-state index contributed by atoms with van der Waals surface area (Å²) in [5, 5.41) is 8.65. The Kier molecular flexibility index (Phi) is 2.90. The van der Waals surface area contributed by atoms with Crippen LogP contribution >= 0.6 is 11.6 Å². The van der Waals surface area contributed by atoms with Gasteiger partial charge in [0.05, 0.1) is 5.69 Å². The van der Waals surface area contributed by atoms with Crippen LogP contribution in [0.2, 0.25) is 5.15 Å². The van der Waals surface area contributed by atoms with E-state index in [2.05, 4.69) is 10.1 Å². The molecule has 2 aromatic heterocycles. The molecule has 0 saturated heterocycles. The van der Waals surface area contributed by atoms with E-state index in [9.17, 15) is 8.42 Å². The monoisotopic (exact) mass is 272 g/mol. The van der Waals surface area contributed by atoms with E-state index in [4.69, 9.17) is 16.7 Å². The van der Waals surface area contributed by atoms with Crippen molar-refractivity contribution in [1.82, 2.24) is 14.6 Å². The van der Waals surface area contributed by atoms with E-state index in [-0.39, 0.29) is 10.2 Å². The molecule has 6 nitrogen and oxygen atoms in total. The Bertz CT molecular complexity index is 705. The van der Waals surface area contributed by atoms with E-state index in [0.29, 0.717) is 11.3 Å². The fourth-order valence-corrected chi connectivity index (χ4v) is 2.54. The molecule has 90 valence electrons. The fraction of sp³-hybridized carbons (Fsp3) is 0.111. The van der Waals surface area contributed by atoms with E-state index >= 15 is 0 Å². The largest absolute Gasteiger partial charge is 0.258 e. The molecule has 0 fully saturated rings. The molecule has 2 heterocycles. The van der Waals surface area contributed by atoms with Crippen molar-refractivity contribution in [3.63, 3.8) is 0 Å². The smallest absolute Gasteiger partial charge is 0.223 e. The zero-order valence-corrected chi connectivity index (χ0v) is 10.4. The van der Waals surface area contributed by atoms with Gasteiger partial charge in [-0.05, 0) is 25.1 Å². The molecule has 0 bridgehead atoms. The summed E-state index contributed by atoms with van der Waals surface area (Å²) < 4.78 is 23.9. The van der Waals surface area contributed by atoms with Gasteiger partial charge in [0, 0.05) is 0 Å². The standard InChI is InChI=1S/C9H9ClN4O2S/c1-2-3-6-4-5-7-12-8(10)9(14(7)13-6)17(11,15)16/h2-5H,1H3,(H2,11,15,16)/b3-2+. The molecule has 0 spiro atoms. The van der Waals surface area contributed by atoms with Crippen LogP contribution < -0.4 is 5.14 Å². The van der Waals surface area contributed by atoms with Crippen LogP contribution in [0.1, 0.15) is 12.6 Å². The van der Waals surface area contributed by atoms with Crippen molar-refractivity contribution in [2.24, 2.45) is 5.14 Å². The zero-order chi connectivity index (χ0) is 12.6.